The zero-order valence-corrected chi connectivity index (χ0v) is 14.7. The number of thiazole rings is 1. The number of nitrogens with one attached hydrogen (secondary N) is 1. The van der Waals surface area contributed by atoms with Crippen molar-refractivity contribution in [2.75, 3.05) is 12.4 Å². The second kappa shape index (κ2) is 7.30. The van der Waals surface area contributed by atoms with E-state index in [0.717, 1.165) is 30.5 Å². The van der Waals surface area contributed by atoms with Crippen LogP contribution in [0.1, 0.15) is 35.9 Å². The second-order valence-electron chi connectivity index (χ2n) is 6.25. The van der Waals surface area contributed by atoms with Crippen LogP contribution in [0.3, 0.4) is 0 Å². The van der Waals surface area contributed by atoms with Gasteiger partial charge in [-0.2, -0.15) is 0 Å². The van der Waals surface area contributed by atoms with Crippen LogP contribution in [-0.2, 0) is 24.1 Å². The van der Waals surface area contributed by atoms with Crippen LogP contribution in [0.2, 0.25) is 0 Å². The van der Waals surface area contributed by atoms with Gasteiger partial charge >= 0.3 is 0 Å². The molecule has 128 valence electrons. The number of amides is 1. The molecule has 6 heteroatoms. The average molecular weight is 348 g/mol. The van der Waals surface area contributed by atoms with E-state index in [1.807, 2.05) is 0 Å². The third-order valence-corrected chi connectivity index (χ3v) is 5.32. The number of aryl methyl sites for hydroxylation is 2. The van der Waals surface area contributed by atoms with Crippen LogP contribution in [0.15, 0.2) is 18.2 Å². The summed E-state index contributed by atoms with van der Waals surface area (Å²) in [6.07, 6.45) is 3.98. The molecule has 1 unspecified atom stereocenters. The SMILES string of the molecule is COc1ccc(CCC(=O)Nc2nc3c(s2)CC(C)CC3)cc1F. The van der Waals surface area contributed by atoms with E-state index in [1.165, 1.54) is 18.1 Å². The summed E-state index contributed by atoms with van der Waals surface area (Å²) in [5, 5.41) is 3.55. The molecule has 0 radical (unpaired) electrons. The van der Waals surface area contributed by atoms with Gasteiger partial charge in [0.15, 0.2) is 16.7 Å². The molecule has 0 spiro atoms. The van der Waals surface area contributed by atoms with E-state index in [4.69, 9.17) is 4.74 Å². The van der Waals surface area contributed by atoms with Crippen LogP contribution in [-0.4, -0.2) is 18.0 Å². The van der Waals surface area contributed by atoms with Crippen molar-refractivity contribution in [1.29, 1.82) is 0 Å². The van der Waals surface area contributed by atoms with Crippen LogP contribution >= 0.6 is 11.3 Å². The van der Waals surface area contributed by atoms with E-state index < -0.39 is 5.82 Å². The predicted molar refractivity (Wildman–Crippen MR) is 93.2 cm³/mol. The third-order valence-electron chi connectivity index (χ3n) is 4.29. The van der Waals surface area contributed by atoms with Crippen molar-refractivity contribution in [2.45, 2.75) is 39.0 Å². The van der Waals surface area contributed by atoms with Gasteiger partial charge in [0.25, 0.3) is 0 Å². The highest BCUT2D eigenvalue weighted by molar-refractivity contribution is 7.15. The van der Waals surface area contributed by atoms with Crippen molar-refractivity contribution < 1.29 is 13.9 Å². The lowest BCUT2D eigenvalue weighted by Gasteiger charge is -2.15. The fourth-order valence-corrected chi connectivity index (χ4v) is 4.09. The molecule has 0 saturated carbocycles. The summed E-state index contributed by atoms with van der Waals surface area (Å²) < 4.78 is 18.5. The number of hydrogen-bond acceptors (Lipinski definition) is 4. The maximum atomic E-state index is 13.7. The number of ether oxygens (including phenoxy) is 1. The van der Waals surface area contributed by atoms with Gasteiger partial charge in [0, 0.05) is 11.3 Å². The van der Waals surface area contributed by atoms with Gasteiger partial charge in [-0.25, -0.2) is 9.37 Å². The molecule has 1 aliphatic rings. The average Bonchev–Trinajstić information content (AvgIpc) is 2.94. The molecule has 1 N–H and O–H groups in total. The standard InChI is InChI=1S/C18H21FN2O2S/c1-11-3-6-14-16(9-11)24-18(20-14)21-17(22)8-5-12-4-7-15(23-2)13(19)10-12/h4,7,10-11H,3,5-6,8-9H2,1-2H3,(H,20,21,22). The number of aromatic nitrogens is 1. The van der Waals surface area contributed by atoms with Crippen LogP contribution in [0.25, 0.3) is 0 Å². The number of fused-ring (bicyclic) bond motifs is 1. The lowest BCUT2D eigenvalue weighted by Crippen LogP contribution is -2.12. The first-order valence-corrected chi connectivity index (χ1v) is 8.97. The Balaban J connectivity index is 1.55. The molecule has 2 aromatic rings. The highest BCUT2D eigenvalue weighted by atomic mass is 32.1. The smallest absolute Gasteiger partial charge is 0.226 e. The van der Waals surface area contributed by atoms with E-state index in [1.54, 1.807) is 23.5 Å². The minimum absolute atomic E-state index is 0.0922. The van der Waals surface area contributed by atoms with Gasteiger partial charge in [0.05, 0.1) is 12.8 Å². The number of anilines is 1. The number of benzene rings is 1. The number of methoxy groups -OCH3 is 1. The third kappa shape index (κ3) is 3.93. The quantitative estimate of drug-likeness (QED) is 0.889. The van der Waals surface area contributed by atoms with Gasteiger partial charge in [-0.15, -0.1) is 11.3 Å². The molecule has 4 nitrogen and oxygen atoms in total. The highest BCUT2D eigenvalue weighted by Crippen LogP contribution is 2.32. The van der Waals surface area contributed by atoms with Gasteiger partial charge in [-0.1, -0.05) is 13.0 Å². The Morgan fingerprint density at radius 3 is 3.08 bits per heavy atom. The van der Waals surface area contributed by atoms with Crippen molar-refractivity contribution in [3.05, 3.63) is 40.2 Å². The molecule has 24 heavy (non-hydrogen) atoms. The lowest BCUT2D eigenvalue weighted by molar-refractivity contribution is -0.116. The lowest BCUT2D eigenvalue weighted by atomic mass is 9.93. The molecule has 0 bridgehead atoms. The van der Waals surface area contributed by atoms with Crippen molar-refractivity contribution >= 4 is 22.4 Å². The Kier molecular flexibility index (Phi) is 5.14. The number of halogens is 1. The first kappa shape index (κ1) is 16.9. The summed E-state index contributed by atoms with van der Waals surface area (Å²) in [6, 6.07) is 4.77. The summed E-state index contributed by atoms with van der Waals surface area (Å²) >= 11 is 1.58. The summed E-state index contributed by atoms with van der Waals surface area (Å²) in [5.74, 6) is 0.403. The summed E-state index contributed by atoms with van der Waals surface area (Å²) in [5.41, 5.74) is 1.90. The summed E-state index contributed by atoms with van der Waals surface area (Å²) in [6.45, 7) is 2.24. The Morgan fingerprint density at radius 1 is 1.50 bits per heavy atom. The van der Waals surface area contributed by atoms with E-state index in [2.05, 4.69) is 17.2 Å². The van der Waals surface area contributed by atoms with Gasteiger partial charge in [-0.05, 0) is 49.3 Å². The van der Waals surface area contributed by atoms with Crippen LogP contribution in [0, 0.1) is 11.7 Å². The number of carbonyl (C=O) groups is 1. The van der Waals surface area contributed by atoms with E-state index in [-0.39, 0.29) is 11.7 Å². The zero-order chi connectivity index (χ0) is 17.1. The molecule has 1 amide bonds. The van der Waals surface area contributed by atoms with Crippen molar-refractivity contribution in [3.8, 4) is 5.75 Å². The van der Waals surface area contributed by atoms with E-state index >= 15 is 0 Å². The Labute approximate surface area is 145 Å². The number of carbonyl (C=O) groups excluding carboxylic acids is 1. The maximum Gasteiger partial charge on any atom is 0.226 e. The molecule has 1 heterocycles. The molecule has 0 fully saturated rings. The zero-order valence-electron chi connectivity index (χ0n) is 13.9. The fourth-order valence-electron chi connectivity index (χ4n) is 2.90. The van der Waals surface area contributed by atoms with Crippen molar-refractivity contribution in [2.24, 2.45) is 5.92 Å². The van der Waals surface area contributed by atoms with Crippen LogP contribution < -0.4 is 10.1 Å². The Hall–Kier alpha value is -1.95. The fraction of sp³-hybridized carbons (Fsp3) is 0.444. The summed E-state index contributed by atoms with van der Waals surface area (Å²) in [7, 11) is 1.43. The van der Waals surface area contributed by atoms with E-state index in [0.29, 0.717) is 23.9 Å². The van der Waals surface area contributed by atoms with Gasteiger partial charge in [0.1, 0.15) is 0 Å². The second-order valence-corrected chi connectivity index (χ2v) is 7.34. The highest BCUT2D eigenvalue weighted by Gasteiger charge is 2.20. The predicted octanol–water partition coefficient (Wildman–Crippen LogP) is 3.99. The number of nitrogens with zero attached hydrogens (tertiary/aromatic N) is 1. The summed E-state index contributed by atoms with van der Waals surface area (Å²) in [4.78, 5) is 17.9. The minimum atomic E-state index is -0.405. The van der Waals surface area contributed by atoms with Crippen LogP contribution in [0.5, 0.6) is 5.75 Å². The number of hydrogen-bond donors (Lipinski definition) is 1. The topological polar surface area (TPSA) is 51.2 Å². The first-order chi connectivity index (χ1) is 11.5. The van der Waals surface area contributed by atoms with E-state index in [9.17, 15) is 9.18 Å². The molecule has 1 aromatic heterocycles. The van der Waals surface area contributed by atoms with Gasteiger partial charge < -0.3 is 10.1 Å². The number of rotatable bonds is 5. The molecule has 1 atom stereocenters. The largest absolute Gasteiger partial charge is 0.494 e. The normalized spacial score (nSPS) is 16.5. The Morgan fingerprint density at radius 2 is 2.33 bits per heavy atom. The molecule has 1 aliphatic carbocycles. The van der Waals surface area contributed by atoms with Gasteiger partial charge in [-0.3, -0.25) is 4.79 Å². The molecule has 0 aliphatic heterocycles. The monoisotopic (exact) mass is 348 g/mol. The first-order valence-electron chi connectivity index (χ1n) is 8.16. The Bertz CT molecular complexity index is 745. The van der Waals surface area contributed by atoms with Crippen molar-refractivity contribution in [3.63, 3.8) is 0 Å². The molecular weight excluding hydrogens is 327 g/mol. The van der Waals surface area contributed by atoms with Gasteiger partial charge in [0.2, 0.25) is 5.91 Å². The van der Waals surface area contributed by atoms with Crippen LogP contribution in [0.4, 0.5) is 9.52 Å². The molecule has 0 saturated heterocycles. The maximum absolute atomic E-state index is 13.7. The minimum Gasteiger partial charge on any atom is -0.494 e. The van der Waals surface area contributed by atoms with Crippen molar-refractivity contribution in [1.82, 2.24) is 4.98 Å². The molecule has 1 aromatic carbocycles. The molecular formula is C18H21FN2O2S. The molecule has 3 rings (SSSR count).